The number of carbonyl (C=O) groups is 1. The van der Waals surface area contributed by atoms with Crippen LogP contribution < -0.4 is 10.1 Å². The second-order valence-electron chi connectivity index (χ2n) is 6.33. The maximum atomic E-state index is 11.8. The molecule has 27 heavy (non-hydrogen) atoms. The van der Waals surface area contributed by atoms with Crippen LogP contribution in [0, 0.1) is 19.3 Å². The fourth-order valence-corrected chi connectivity index (χ4v) is 2.57. The second kappa shape index (κ2) is 9.54. The standard InChI is InChI=1S/C22H25N3O2/c1-6-8-20(26)25-18-11-9-16(5)19(13-18)22(23-7-2)17-10-12-21(24-14-17)27-15(3)4/h1,9-15H,7-8H2,2-5H3,(H,25,26). The molecule has 0 saturated heterocycles. The molecule has 0 radical (unpaired) electrons. The molecular weight excluding hydrogens is 338 g/mol. The lowest BCUT2D eigenvalue weighted by Crippen LogP contribution is -2.13. The molecule has 0 atom stereocenters. The van der Waals surface area contributed by atoms with Gasteiger partial charge in [0.2, 0.25) is 11.8 Å². The van der Waals surface area contributed by atoms with Crippen molar-refractivity contribution in [2.75, 3.05) is 11.9 Å². The second-order valence-corrected chi connectivity index (χ2v) is 6.33. The number of nitrogens with zero attached hydrogens (tertiary/aromatic N) is 2. The minimum absolute atomic E-state index is 0.0420. The first-order valence-corrected chi connectivity index (χ1v) is 8.96. The Balaban J connectivity index is 2.37. The zero-order valence-electron chi connectivity index (χ0n) is 16.2. The van der Waals surface area contributed by atoms with Gasteiger partial charge in [-0.2, -0.15) is 0 Å². The Morgan fingerprint density at radius 3 is 2.70 bits per heavy atom. The largest absolute Gasteiger partial charge is 0.475 e. The van der Waals surface area contributed by atoms with Crippen LogP contribution in [-0.4, -0.2) is 29.3 Å². The van der Waals surface area contributed by atoms with Gasteiger partial charge < -0.3 is 10.1 Å². The van der Waals surface area contributed by atoms with Gasteiger partial charge in [0.05, 0.1) is 18.2 Å². The third-order valence-electron chi connectivity index (χ3n) is 3.72. The summed E-state index contributed by atoms with van der Waals surface area (Å²) >= 11 is 0. The molecule has 0 aliphatic heterocycles. The van der Waals surface area contributed by atoms with E-state index >= 15 is 0 Å². The number of hydrogen-bond donors (Lipinski definition) is 1. The molecular formula is C22H25N3O2. The van der Waals surface area contributed by atoms with Crippen LogP contribution in [0.3, 0.4) is 0 Å². The molecule has 1 aromatic carbocycles. The van der Waals surface area contributed by atoms with Crippen molar-refractivity contribution in [2.24, 2.45) is 4.99 Å². The Bertz CT molecular complexity index is 862. The van der Waals surface area contributed by atoms with E-state index in [9.17, 15) is 4.79 Å². The molecule has 1 aromatic heterocycles. The number of nitrogens with one attached hydrogen (secondary N) is 1. The SMILES string of the molecule is C#CCC(=O)Nc1ccc(C)c(C(=NCC)c2ccc(OC(C)C)nc2)c1. The van der Waals surface area contributed by atoms with E-state index in [0.717, 1.165) is 22.4 Å². The summed E-state index contributed by atoms with van der Waals surface area (Å²) in [5, 5.41) is 2.82. The van der Waals surface area contributed by atoms with E-state index in [1.807, 2.05) is 58.0 Å². The topological polar surface area (TPSA) is 63.6 Å². The highest BCUT2D eigenvalue weighted by Gasteiger charge is 2.13. The van der Waals surface area contributed by atoms with Crippen molar-refractivity contribution in [3.05, 3.63) is 53.2 Å². The van der Waals surface area contributed by atoms with Crippen LogP contribution in [0.1, 0.15) is 43.9 Å². The summed E-state index contributed by atoms with van der Waals surface area (Å²) in [5.74, 6) is 2.72. The number of anilines is 1. The predicted molar refractivity (Wildman–Crippen MR) is 109 cm³/mol. The summed E-state index contributed by atoms with van der Waals surface area (Å²) in [5.41, 5.74) is 4.40. The molecule has 0 aliphatic carbocycles. The number of amides is 1. The summed E-state index contributed by atoms with van der Waals surface area (Å²) < 4.78 is 5.61. The van der Waals surface area contributed by atoms with Crippen molar-refractivity contribution in [2.45, 2.75) is 40.2 Å². The average Bonchev–Trinajstić information content (AvgIpc) is 2.62. The van der Waals surface area contributed by atoms with Gasteiger partial charge in [0, 0.05) is 35.6 Å². The number of aromatic nitrogens is 1. The average molecular weight is 363 g/mol. The highest BCUT2D eigenvalue weighted by molar-refractivity contribution is 6.14. The molecule has 0 saturated carbocycles. The van der Waals surface area contributed by atoms with E-state index in [4.69, 9.17) is 11.2 Å². The van der Waals surface area contributed by atoms with E-state index in [1.165, 1.54) is 0 Å². The molecule has 2 aromatic rings. The van der Waals surface area contributed by atoms with E-state index < -0.39 is 0 Å². The van der Waals surface area contributed by atoms with Gasteiger partial charge in [0.15, 0.2) is 0 Å². The van der Waals surface area contributed by atoms with E-state index in [2.05, 4.69) is 21.2 Å². The van der Waals surface area contributed by atoms with Crippen LogP contribution in [0.25, 0.3) is 0 Å². The van der Waals surface area contributed by atoms with Gasteiger partial charge in [-0.1, -0.05) is 12.0 Å². The number of pyridine rings is 1. The number of terminal acetylenes is 1. The molecule has 0 bridgehead atoms. The maximum Gasteiger partial charge on any atom is 0.236 e. The highest BCUT2D eigenvalue weighted by atomic mass is 16.5. The smallest absolute Gasteiger partial charge is 0.236 e. The zero-order chi connectivity index (χ0) is 19.8. The number of aliphatic imine (C=N–C) groups is 1. The molecule has 0 spiro atoms. The molecule has 0 aliphatic rings. The molecule has 5 heteroatoms. The van der Waals surface area contributed by atoms with Crippen LogP contribution in [0.2, 0.25) is 0 Å². The number of hydrogen-bond acceptors (Lipinski definition) is 4. The van der Waals surface area contributed by atoms with Crippen molar-refractivity contribution in [3.63, 3.8) is 0 Å². The van der Waals surface area contributed by atoms with E-state index in [0.29, 0.717) is 18.1 Å². The molecule has 2 rings (SSSR count). The van der Waals surface area contributed by atoms with Gasteiger partial charge in [0.25, 0.3) is 0 Å². The lowest BCUT2D eigenvalue weighted by Gasteiger charge is -2.14. The van der Waals surface area contributed by atoms with Crippen molar-refractivity contribution in [1.82, 2.24) is 4.98 Å². The van der Waals surface area contributed by atoms with Crippen molar-refractivity contribution in [3.8, 4) is 18.2 Å². The summed E-state index contributed by atoms with van der Waals surface area (Å²) in [6.07, 6.45) is 7.06. The van der Waals surface area contributed by atoms with Crippen LogP contribution in [-0.2, 0) is 4.79 Å². The lowest BCUT2D eigenvalue weighted by molar-refractivity contribution is -0.115. The number of carbonyl (C=O) groups excluding carboxylic acids is 1. The first-order valence-electron chi connectivity index (χ1n) is 8.96. The van der Waals surface area contributed by atoms with Crippen LogP contribution in [0.4, 0.5) is 5.69 Å². The minimum atomic E-state index is -0.210. The van der Waals surface area contributed by atoms with Crippen molar-refractivity contribution >= 4 is 17.3 Å². The normalized spacial score (nSPS) is 11.2. The Morgan fingerprint density at radius 2 is 2.11 bits per heavy atom. The zero-order valence-corrected chi connectivity index (χ0v) is 16.2. The number of aryl methyl sites for hydroxylation is 1. The molecule has 1 amide bonds. The summed E-state index contributed by atoms with van der Waals surface area (Å²) in [6, 6.07) is 9.51. The highest BCUT2D eigenvalue weighted by Crippen LogP contribution is 2.21. The Labute approximate surface area is 160 Å². The summed E-state index contributed by atoms with van der Waals surface area (Å²) in [4.78, 5) is 20.8. The van der Waals surface area contributed by atoms with E-state index in [1.54, 1.807) is 6.20 Å². The molecule has 5 nitrogen and oxygen atoms in total. The minimum Gasteiger partial charge on any atom is -0.475 e. The van der Waals surface area contributed by atoms with E-state index in [-0.39, 0.29) is 18.4 Å². The number of rotatable bonds is 7. The fourth-order valence-electron chi connectivity index (χ4n) is 2.57. The van der Waals surface area contributed by atoms with Gasteiger partial charge in [-0.3, -0.25) is 9.79 Å². The van der Waals surface area contributed by atoms with Gasteiger partial charge in [-0.25, -0.2) is 4.98 Å². The van der Waals surface area contributed by atoms with Crippen molar-refractivity contribution in [1.29, 1.82) is 0 Å². The first-order chi connectivity index (χ1) is 12.9. The van der Waals surface area contributed by atoms with Crippen LogP contribution in [0.5, 0.6) is 5.88 Å². The Kier molecular flexibility index (Phi) is 7.13. The Morgan fingerprint density at radius 1 is 1.33 bits per heavy atom. The van der Waals surface area contributed by atoms with Gasteiger partial charge in [-0.15, -0.1) is 6.42 Å². The Hall–Kier alpha value is -3.13. The van der Waals surface area contributed by atoms with Crippen LogP contribution >= 0.6 is 0 Å². The summed E-state index contributed by atoms with van der Waals surface area (Å²) in [6.45, 7) is 8.55. The van der Waals surface area contributed by atoms with Gasteiger partial charge in [0.1, 0.15) is 0 Å². The lowest BCUT2D eigenvalue weighted by atomic mass is 9.98. The third-order valence-corrected chi connectivity index (χ3v) is 3.72. The molecule has 0 unspecified atom stereocenters. The number of benzene rings is 1. The van der Waals surface area contributed by atoms with Crippen molar-refractivity contribution < 1.29 is 9.53 Å². The molecule has 1 N–H and O–H groups in total. The maximum absolute atomic E-state index is 11.8. The first kappa shape index (κ1) is 20.2. The van der Waals surface area contributed by atoms with Crippen LogP contribution in [0.15, 0.2) is 41.5 Å². The number of ether oxygens (including phenoxy) is 1. The molecule has 140 valence electrons. The molecule has 1 heterocycles. The van der Waals surface area contributed by atoms with Gasteiger partial charge in [-0.05, 0) is 51.5 Å². The van der Waals surface area contributed by atoms with Gasteiger partial charge >= 0.3 is 0 Å². The predicted octanol–water partition coefficient (Wildman–Crippen LogP) is 4.00. The third kappa shape index (κ3) is 5.68. The molecule has 0 fully saturated rings. The fraction of sp³-hybridized carbons (Fsp3) is 0.318. The summed E-state index contributed by atoms with van der Waals surface area (Å²) in [7, 11) is 0. The quantitative estimate of drug-likeness (QED) is 0.597. The monoisotopic (exact) mass is 363 g/mol.